The van der Waals surface area contributed by atoms with Gasteiger partial charge in [0, 0.05) is 6.20 Å². The predicted molar refractivity (Wildman–Crippen MR) is 89.8 cm³/mol. The molecule has 1 aromatic heterocycles. The van der Waals surface area contributed by atoms with Gasteiger partial charge in [-0.05, 0) is 36.8 Å². The Morgan fingerprint density at radius 2 is 2.04 bits per heavy atom. The molecule has 0 fully saturated rings. The molecule has 0 radical (unpaired) electrons. The first kappa shape index (κ1) is 17.4. The lowest BCUT2D eigenvalue weighted by atomic mass is 10.0. The average Bonchev–Trinajstić information content (AvgIpc) is 2.60. The van der Waals surface area contributed by atoms with Crippen molar-refractivity contribution in [3.8, 4) is 12.3 Å². The average molecular weight is 327 g/mol. The first-order chi connectivity index (χ1) is 11.5. The Balaban J connectivity index is 1.98. The van der Waals surface area contributed by atoms with E-state index in [0.29, 0.717) is 16.9 Å². The molecule has 6 heteroatoms. The van der Waals surface area contributed by atoms with Crippen LogP contribution < -0.4 is 10.6 Å². The lowest BCUT2D eigenvalue weighted by Gasteiger charge is -2.21. The SMILES string of the molecule is C#CCNC(=O)c1ccc(N[C@@H](C)[C@H](O)c2ccc(F)cc2)nc1. The Morgan fingerprint density at radius 1 is 1.33 bits per heavy atom. The first-order valence-corrected chi connectivity index (χ1v) is 7.39. The molecule has 3 N–H and O–H groups in total. The third-order valence-electron chi connectivity index (χ3n) is 3.44. The number of amides is 1. The first-order valence-electron chi connectivity index (χ1n) is 7.39. The van der Waals surface area contributed by atoms with Gasteiger partial charge in [-0.2, -0.15) is 0 Å². The number of nitrogens with zero attached hydrogens (tertiary/aromatic N) is 1. The summed E-state index contributed by atoms with van der Waals surface area (Å²) in [6, 6.07) is 8.55. The van der Waals surface area contributed by atoms with Gasteiger partial charge in [-0.1, -0.05) is 18.1 Å². The molecule has 124 valence electrons. The maximum atomic E-state index is 12.9. The maximum absolute atomic E-state index is 12.9. The molecule has 5 nitrogen and oxygen atoms in total. The fourth-order valence-corrected chi connectivity index (χ4v) is 2.11. The summed E-state index contributed by atoms with van der Waals surface area (Å²) in [5.41, 5.74) is 0.990. The second-order valence-electron chi connectivity index (χ2n) is 5.25. The molecule has 0 aliphatic carbocycles. The van der Waals surface area contributed by atoms with Gasteiger partial charge in [-0.25, -0.2) is 9.37 Å². The molecule has 1 amide bonds. The van der Waals surface area contributed by atoms with E-state index in [2.05, 4.69) is 21.5 Å². The van der Waals surface area contributed by atoms with Gasteiger partial charge in [-0.3, -0.25) is 4.79 Å². The maximum Gasteiger partial charge on any atom is 0.253 e. The minimum absolute atomic E-state index is 0.153. The summed E-state index contributed by atoms with van der Waals surface area (Å²) in [4.78, 5) is 15.9. The van der Waals surface area contributed by atoms with Crippen molar-refractivity contribution < 1.29 is 14.3 Å². The van der Waals surface area contributed by atoms with Crippen LogP contribution in [0, 0.1) is 18.2 Å². The number of carbonyl (C=O) groups excluding carboxylic acids is 1. The lowest BCUT2D eigenvalue weighted by Crippen LogP contribution is -2.25. The Kier molecular flexibility index (Phi) is 5.88. The Labute approximate surface area is 139 Å². The number of pyridine rings is 1. The summed E-state index contributed by atoms with van der Waals surface area (Å²) in [7, 11) is 0. The predicted octanol–water partition coefficient (Wildman–Crippen LogP) is 2.12. The van der Waals surface area contributed by atoms with Crippen LogP contribution in [0.25, 0.3) is 0 Å². The van der Waals surface area contributed by atoms with Crippen molar-refractivity contribution in [2.24, 2.45) is 0 Å². The molecule has 1 aromatic carbocycles. The zero-order valence-corrected chi connectivity index (χ0v) is 13.2. The highest BCUT2D eigenvalue weighted by atomic mass is 19.1. The van der Waals surface area contributed by atoms with Crippen LogP contribution in [-0.2, 0) is 0 Å². The fraction of sp³-hybridized carbons (Fsp3) is 0.222. The Hall–Kier alpha value is -2.91. The molecule has 2 aromatic rings. The quantitative estimate of drug-likeness (QED) is 0.711. The summed E-state index contributed by atoms with van der Waals surface area (Å²) in [5, 5.41) is 15.9. The molecule has 0 aliphatic heterocycles. The number of hydrogen-bond acceptors (Lipinski definition) is 4. The second-order valence-corrected chi connectivity index (χ2v) is 5.25. The minimum atomic E-state index is -0.828. The molecule has 0 aliphatic rings. The highest BCUT2D eigenvalue weighted by Gasteiger charge is 2.17. The van der Waals surface area contributed by atoms with E-state index in [-0.39, 0.29) is 24.3 Å². The number of aliphatic hydroxyl groups excluding tert-OH is 1. The van der Waals surface area contributed by atoms with Crippen LogP contribution in [0.2, 0.25) is 0 Å². The lowest BCUT2D eigenvalue weighted by molar-refractivity contribution is 0.0958. The van der Waals surface area contributed by atoms with Gasteiger partial charge < -0.3 is 15.7 Å². The number of halogens is 1. The standard InChI is InChI=1S/C18H18FN3O2/c1-3-10-20-18(24)14-6-9-16(21-11-14)22-12(2)17(23)13-4-7-15(19)8-5-13/h1,4-9,11-12,17,23H,10H2,2H3,(H,20,24)(H,21,22)/t12-,17-/m0/s1. The monoisotopic (exact) mass is 327 g/mol. The van der Waals surface area contributed by atoms with Crippen molar-refractivity contribution in [3.63, 3.8) is 0 Å². The molecule has 2 rings (SSSR count). The van der Waals surface area contributed by atoms with Crippen molar-refractivity contribution in [1.29, 1.82) is 0 Å². The summed E-state index contributed by atoms with van der Waals surface area (Å²) < 4.78 is 12.9. The van der Waals surface area contributed by atoms with Crippen LogP contribution in [0.1, 0.15) is 28.9 Å². The van der Waals surface area contributed by atoms with Gasteiger partial charge in [-0.15, -0.1) is 6.42 Å². The summed E-state index contributed by atoms with van der Waals surface area (Å²) in [6.07, 6.45) is 5.68. The van der Waals surface area contributed by atoms with E-state index in [1.54, 1.807) is 19.1 Å². The van der Waals surface area contributed by atoms with Gasteiger partial charge in [0.1, 0.15) is 11.6 Å². The molecule has 0 bridgehead atoms. The van der Waals surface area contributed by atoms with E-state index >= 15 is 0 Å². The number of nitrogens with one attached hydrogen (secondary N) is 2. The minimum Gasteiger partial charge on any atom is -0.386 e. The molecule has 2 atom stereocenters. The summed E-state index contributed by atoms with van der Waals surface area (Å²) in [6.45, 7) is 1.93. The van der Waals surface area contributed by atoms with Gasteiger partial charge in [0.05, 0.1) is 24.3 Å². The van der Waals surface area contributed by atoms with Crippen LogP contribution in [-0.4, -0.2) is 28.6 Å². The largest absolute Gasteiger partial charge is 0.386 e. The van der Waals surface area contributed by atoms with Crippen molar-refractivity contribution in [2.45, 2.75) is 19.1 Å². The molecule has 0 saturated carbocycles. The van der Waals surface area contributed by atoms with E-state index in [1.807, 2.05) is 0 Å². The number of anilines is 1. The Morgan fingerprint density at radius 3 is 2.62 bits per heavy atom. The number of carbonyl (C=O) groups is 1. The van der Waals surface area contributed by atoms with Crippen molar-refractivity contribution in [1.82, 2.24) is 10.3 Å². The number of terminal acetylenes is 1. The number of aliphatic hydroxyl groups is 1. The topological polar surface area (TPSA) is 74.2 Å². The van der Waals surface area contributed by atoms with Crippen molar-refractivity contribution in [3.05, 3.63) is 59.5 Å². The molecular formula is C18H18FN3O2. The number of benzene rings is 1. The van der Waals surface area contributed by atoms with Crippen molar-refractivity contribution >= 4 is 11.7 Å². The zero-order valence-electron chi connectivity index (χ0n) is 13.2. The third-order valence-corrected chi connectivity index (χ3v) is 3.44. The highest BCUT2D eigenvalue weighted by molar-refractivity contribution is 5.94. The number of aromatic nitrogens is 1. The molecule has 0 unspecified atom stereocenters. The van der Waals surface area contributed by atoms with E-state index in [0.717, 1.165) is 0 Å². The van der Waals surface area contributed by atoms with Crippen molar-refractivity contribution in [2.75, 3.05) is 11.9 Å². The molecule has 24 heavy (non-hydrogen) atoms. The normalized spacial score (nSPS) is 12.8. The van der Waals surface area contributed by atoms with E-state index in [4.69, 9.17) is 6.42 Å². The Bertz CT molecular complexity index is 723. The zero-order chi connectivity index (χ0) is 17.5. The van der Waals surface area contributed by atoms with Gasteiger partial charge in [0.2, 0.25) is 0 Å². The fourth-order valence-electron chi connectivity index (χ4n) is 2.11. The molecule has 0 saturated heterocycles. The van der Waals surface area contributed by atoms with Crippen LogP contribution in [0.5, 0.6) is 0 Å². The summed E-state index contributed by atoms with van der Waals surface area (Å²) in [5.74, 6) is 2.18. The molecule has 1 heterocycles. The number of hydrogen-bond donors (Lipinski definition) is 3. The second kappa shape index (κ2) is 8.09. The summed E-state index contributed by atoms with van der Waals surface area (Å²) >= 11 is 0. The van der Waals surface area contributed by atoms with Gasteiger partial charge in [0.15, 0.2) is 0 Å². The van der Waals surface area contributed by atoms with Gasteiger partial charge >= 0.3 is 0 Å². The van der Waals surface area contributed by atoms with Crippen LogP contribution in [0.15, 0.2) is 42.6 Å². The third kappa shape index (κ3) is 4.54. The van der Waals surface area contributed by atoms with Crippen LogP contribution >= 0.6 is 0 Å². The van der Waals surface area contributed by atoms with E-state index in [1.165, 1.54) is 30.5 Å². The smallest absolute Gasteiger partial charge is 0.253 e. The van der Waals surface area contributed by atoms with Crippen LogP contribution in [0.3, 0.4) is 0 Å². The highest BCUT2D eigenvalue weighted by Crippen LogP contribution is 2.20. The molecule has 0 spiro atoms. The molecular weight excluding hydrogens is 309 g/mol. The van der Waals surface area contributed by atoms with E-state index in [9.17, 15) is 14.3 Å². The van der Waals surface area contributed by atoms with Crippen LogP contribution in [0.4, 0.5) is 10.2 Å². The van der Waals surface area contributed by atoms with E-state index < -0.39 is 6.10 Å². The number of rotatable bonds is 6. The van der Waals surface area contributed by atoms with Gasteiger partial charge in [0.25, 0.3) is 5.91 Å².